The number of hydrogen-bond donors (Lipinski definition) is 1. The zero-order chi connectivity index (χ0) is 9.14. The minimum absolute atomic E-state index is 0. The third-order valence-corrected chi connectivity index (χ3v) is 1.29. The summed E-state index contributed by atoms with van der Waals surface area (Å²) < 4.78 is 0. The van der Waals surface area contributed by atoms with Gasteiger partial charge in [0.25, 0.3) is 0 Å². The molecular weight excluding hydrogens is 185 g/mol. The molecule has 1 rings (SSSR count). The summed E-state index contributed by atoms with van der Waals surface area (Å²) in [5.74, 6) is -0.829. The van der Waals surface area contributed by atoms with Crippen molar-refractivity contribution in [1.82, 2.24) is 0 Å². The maximum absolute atomic E-state index is 10.8. The number of aromatic hydroxyl groups is 1. The summed E-state index contributed by atoms with van der Waals surface area (Å²) in [4.78, 5) is 20.2. The molecule has 6 heteroatoms. The zero-order valence-electron chi connectivity index (χ0n) is 6.93. The molecule has 0 fully saturated rings. The average molecular weight is 190 g/mol. The first kappa shape index (κ1) is 12.1. The fourth-order valence-electron chi connectivity index (χ4n) is 0.721. The first-order valence-corrected chi connectivity index (χ1v) is 3.09. The maximum atomic E-state index is 10.8. The average Bonchev–Trinajstić information content (AvgIpc) is 2.15. The molecule has 0 saturated carbocycles. The molecule has 1 aromatic rings. The topological polar surface area (TPSA) is 80.4 Å². The van der Waals surface area contributed by atoms with E-state index in [9.17, 15) is 14.9 Å². The molecule has 0 aliphatic carbocycles. The van der Waals surface area contributed by atoms with Gasteiger partial charge in [0, 0.05) is 6.07 Å². The number of nitrogens with zero attached hydrogens (tertiary/aromatic N) is 1. The third kappa shape index (κ3) is 2.80. The van der Waals surface area contributed by atoms with E-state index in [0.717, 1.165) is 12.1 Å². The zero-order valence-corrected chi connectivity index (χ0v) is 8.93. The van der Waals surface area contributed by atoms with E-state index in [0.29, 0.717) is 0 Å². The maximum Gasteiger partial charge on any atom is 1.00 e. The summed E-state index contributed by atoms with van der Waals surface area (Å²) in [7, 11) is 0. The molecule has 5 nitrogen and oxygen atoms in total. The molecule has 1 aromatic carbocycles. The van der Waals surface area contributed by atoms with Gasteiger partial charge in [-0.05, 0) is 6.07 Å². The second-order valence-corrected chi connectivity index (χ2v) is 2.07. The SMILES string of the molecule is O=c1ccccc([N+](=O)[O-])c1O.[Na+]. The molecule has 0 radical (unpaired) electrons. The molecule has 0 saturated heterocycles. The molecule has 0 unspecified atom stereocenters. The Morgan fingerprint density at radius 2 is 1.85 bits per heavy atom. The van der Waals surface area contributed by atoms with E-state index in [2.05, 4.69) is 0 Å². The van der Waals surface area contributed by atoms with Crippen LogP contribution >= 0.6 is 0 Å². The van der Waals surface area contributed by atoms with Crippen LogP contribution in [0.1, 0.15) is 0 Å². The van der Waals surface area contributed by atoms with Gasteiger partial charge in [0.1, 0.15) is 0 Å². The molecule has 0 aliphatic rings. The van der Waals surface area contributed by atoms with Gasteiger partial charge in [0.2, 0.25) is 11.2 Å². The molecule has 1 N–H and O–H groups in total. The summed E-state index contributed by atoms with van der Waals surface area (Å²) in [5.41, 5.74) is -1.34. The predicted octanol–water partition coefficient (Wildman–Crippen LogP) is -2.34. The quantitative estimate of drug-likeness (QED) is 0.306. The largest absolute Gasteiger partial charge is 1.00 e. The van der Waals surface area contributed by atoms with Gasteiger partial charge in [-0.3, -0.25) is 14.9 Å². The van der Waals surface area contributed by atoms with Gasteiger partial charge in [0.15, 0.2) is 0 Å². The van der Waals surface area contributed by atoms with Gasteiger partial charge >= 0.3 is 35.2 Å². The van der Waals surface area contributed by atoms with E-state index < -0.39 is 21.8 Å². The fraction of sp³-hybridized carbons (Fsp3) is 0. The summed E-state index contributed by atoms with van der Waals surface area (Å²) in [5, 5.41) is 19.2. The Morgan fingerprint density at radius 3 is 2.38 bits per heavy atom. The van der Waals surface area contributed by atoms with E-state index in [1.54, 1.807) is 0 Å². The monoisotopic (exact) mass is 190 g/mol. The Balaban J connectivity index is 0.00000144. The van der Waals surface area contributed by atoms with Crippen LogP contribution in [-0.4, -0.2) is 10.0 Å². The molecule has 0 spiro atoms. The summed E-state index contributed by atoms with van der Waals surface area (Å²) >= 11 is 0. The first-order valence-electron chi connectivity index (χ1n) is 3.09. The smallest absolute Gasteiger partial charge is 0.499 e. The molecule has 0 aliphatic heterocycles. The summed E-state index contributed by atoms with van der Waals surface area (Å²) in [6.45, 7) is 0. The minimum atomic E-state index is -0.829. The van der Waals surface area contributed by atoms with Crippen molar-refractivity contribution < 1.29 is 39.6 Å². The summed E-state index contributed by atoms with van der Waals surface area (Å²) in [6, 6.07) is 4.77. The van der Waals surface area contributed by atoms with Gasteiger partial charge in [-0.2, -0.15) is 0 Å². The Kier molecular flexibility index (Phi) is 4.61. The van der Waals surface area contributed by atoms with Crippen LogP contribution in [0, 0.1) is 10.1 Å². The van der Waals surface area contributed by atoms with Gasteiger partial charge in [-0.1, -0.05) is 12.1 Å². The molecule has 0 aromatic heterocycles. The van der Waals surface area contributed by atoms with Crippen LogP contribution in [0.3, 0.4) is 0 Å². The third-order valence-electron chi connectivity index (χ3n) is 1.29. The molecule has 0 heterocycles. The summed E-state index contributed by atoms with van der Waals surface area (Å²) in [6.07, 6.45) is 0. The Hall–Kier alpha value is -0.910. The van der Waals surface area contributed by atoms with E-state index in [1.165, 1.54) is 12.1 Å². The predicted molar refractivity (Wildman–Crippen MR) is 41.0 cm³/mol. The van der Waals surface area contributed by atoms with Crippen LogP contribution in [0.5, 0.6) is 5.75 Å². The number of nitro groups is 1. The van der Waals surface area contributed by atoms with Crippen molar-refractivity contribution >= 4 is 5.69 Å². The molecule has 62 valence electrons. The molecule has 0 amide bonds. The van der Waals surface area contributed by atoms with Crippen molar-refractivity contribution in [2.24, 2.45) is 0 Å². The van der Waals surface area contributed by atoms with E-state index in [4.69, 9.17) is 5.11 Å². The Bertz CT molecular complexity index is 379. The van der Waals surface area contributed by atoms with E-state index >= 15 is 0 Å². The van der Waals surface area contributed by atoms with Crippen molar-refractivity contribution in [2.45, 2.75) is 0 Å². The Morgan fingerprint density at radius 1 is 1.31 bits per heavy atom. The second-order valence-electron chi connectivity index (χ2n) is 2.07. The van der Waals surface area contributed by atoms with Crippen molar-refractivity contribution in [3.05, 3.63) is 44.6 Å². The van der Waals surface area contributed by atoms with Crippen LogP contribution in [0.2, 0.25) is 0 Å². The molecule has 0 bridgehead atoms. The van der Waals surface area contributed by atoms with Gasteiger partial charge < -0.3 is 5.11 Å². The van der Waals surface area contributed by atoms with Crippen LogP contribution in [0.4, 0.5) is 5.69 Å². The number of rotatable bonds is 1. The van der Waals surface area contributed by atoms with Crippen LogP contribution in [-0.2, 0) is 0 Å². The Labute approximate surface area is 95.5 Å². The van der Waals surface area contributed by atoms with Gasteiger partial charge in [0.05, 0.1) is 4.92 Å². The van der Waals surface area contributed by atoms with Crippen molar-refractivity contribution in [1.29, 1.82) is 0 Å². The molecule has 0 atom stereocenters. The standard InChI is InChI=1S/C7H5NO4.Na/c9-6-4-2-1-3-5(7(6)10)8(11)12;/h1-4H,(H,9,10);/q;+1. The molecular formula is C7H5NNaO4+. The van der Waals surface area contributed by atoms with Crippen molar-refractivity contribution in [2.75, 3.05) is 0 Å². The van der Waals surface area contributed by atoms with Crippen LogP contribution in [0.15, 0.2) is 29.1 Å². The number of hydrogen-bond acceptors (Lipinski definition) is 4. The molecule has 13 heavy (non-hydrogen) atoms. The first-order chi connectivity index (χ1) is 5.63. The van der Waals surface area contributed by atoms with Crippen LogP contribution < -0.4 is 35.0 Å². The van der Waals surface area contributed by atoms with Crippen LogP contribution in [0.25, 0.3) is 0 Å². The second kappa shape index (κ2) is 4.96. The van der Waals surface area contributed by atoms with Crippen molar-refractivity contribution in [3.63, 3.8) is 0 Å². The fourth-order valence-corrected chi connectivity index (χ4v) is 0.721. The van der Waals surface area contributed by atoms with E-state index in [-0.39, 0.29) is 29.6 Å². The normalized spacial score (nSPS) is 8.62. The van der Waals surface area contributed by atoms with Gasteiger partial charge in [-0.25, -0.2) is 0 Å². The van der Waals surface area contributed by atoms with E-state index in [1.807, 2.05) is 0 Å². The van der Waals surface area contributed by atoms with Gasteiger partial charge in [-0.15, -0.1) is 0 Å². The van der Waals surface area contributed by atoms with Crippen molar-refractivity contribution in [3.8, 4) is 5.75 Å². The minimum Gasteiger partial charge on any atom is -0.499 e.